The summed E-state index contributed by atoms with van der Waals surface area (Å²) < 4.78 is 0. The van der Waals surface area contributed by atoms with Crippen molar-refractivity contribution in [1.29, 1.82) is 0 Å². The fourth-order valence-corrected chi connectivity index (χ4v) is 2.21. The highest BCUT2D eigenvalue weighted by atomic mass is 15.2. The molecule has 0 atom stereocenters. The van der Waals surface area contributed by atoms with Crippen LogP contribution >= 0.6 is 0 Å². The first kappa shape index (κ1) is 11.7. The van der Waals surface area contributed by atoms with Crippen LogP contribution in [0.3, 0.4) is 0 Å². The molecule has 1 nitrogen and oxygen atoms in total. The molecule has 88 valence electrons. The van der Waals surface area contributed by atoms with Gasteiger partial charge in [0.15, 0.2) is 0 Å². The molecule has 0 amide bonds. The van der Waals surface area contributed by atoms with Crippen LogP contribution in [0.15, 0.2) is 30.3 Å². The van der Waals surface area contributed by atoms with Crippen LogP contribution in [0.4, 0.5) is 0 Å². The van der Waals surface area contributed by atoms with Crippen molar-refractivity contribution in [2.45, 2.75) is 51.6 Å². The van der Waals surface area contributed by atoms with E-state index in [0.717, 1.165) is 12.6 Å². The molecule has 1 fully saturated rings. The molecule has 0 spiro atoms. The standard InChI is InChI=1S/C15H23N/c1-2-3-7-12-16(15-10-11-15)13-14-8-5-4-6-9-14/h4-6,8-9,15H,2-3,7,10-13H2,1H3. The van der Waals surface area contributed by atoms with Gasteiger partial charge in [-0.2, -0.15) is 0 Å². The van der Waals surface area contributed by atoms with Gasteiger partial charge in [-0.1, -0.05) is 50.1 Å². The van der Waals surface area contributed by atoms with Crippen LogP contribution in [0.2, 0.25) is 0 Å². The zero-order valence-corrected chi connectivity index (χ0v) is 10.4. The fraction of sp³-hybridized carbons (Fsp3) is 0.600. The van der Waals surface area contributed by atoms with Gasteiger partial charge in [0.05, 0.1) is 0 Å². The number of rotatable bonds is 7. The van der Waals surface area contributed by atoms with E-state index in [2.05, 4.69) is 42.2 Å². The maximum absolute atomic E-state index is 2.67. The highest BCUT2D eigenvalue weighted by Crippen LogP contribution is 2.28. The fourth-order valence-electron chi connectivity index (χ4n) is 2.21. The number of hydrogen-bond acceptors (Lipinski definition) is 1. The van der Waals surface area contributed by atoms with Gasteiger partial charge in [-0.3, -0.25) is 4.90 Å². The van der Waals surface area contributed by atoms with E-state index in [1.165, 1.54) is 44.2 Å². The SMILES string of the molecule is CCCCCN(Cc1ccccc1)C1CC1. The second kappa shape index (κ2) is 6.05. The van der Waals surface area contributed by atoms with Crippen molar-refractivity contribution >= 4 is 0 Å². The molecule has 1 aliphatic rings. The van der Waals surface area contributed by atoms with E-state index in [1.807, 2.05) is 0 Å². The minimum Gasteiger partial charge on any atom is -0.296 e. The van der Waals surface area contributed by atoms with Crippen LogP contribution in [0.1, 0.15) is 44.6 Å². The van der Waals surface area contributed by atoms with Crippen LogP contribution in [-0.4, -0.2) is 17.5 Å². The molecule has 0 aromatic heterocycles. The van der Waals surface area contributed by atoms with Crippen LogP contribution in [-0.2, 0) is 6.54 Å². The van der Waals surface area contributed by atoms with Crippen molar-refractivity contribution in [3.05, 3.63) is 35.9 Å². The van der Waals surface area contributed by atoms with E-state index in [1.54, 1.807) is 0 Å². The van der Waals surface area contributed by atoms with Crippen LogP contribution < -0.4 is 0 Å². The average molecular weight is 217 g/mol. The summed E-state index contributed by atoms with van der Waals surface area (Å²) in [6, 6.07) is 11.8. The van der Waals surface area contributed by atoms with Crippen molar-refractivity contribution in [3.63, 3.8) is 0 Å². The van der Waals surface area contributed by atoms with Crippen molar-refractivity contribution in [2.75, 3.05) is 6.54 Å². The molecule has 0 heterocycles. The lowest BCUT2D eigenvalue weighted by molar-refractivity contribution is 0.249. The van der Waals surface area contributed by atoms with E-state index < -0.39 is 0 Å². The number of unbranched alkanes of at least 4 members (excludes halogenated alkanes) is 2. The van der Waals surface area contributed by atoms with Crippen molar-refractivity contribution in [3.8, 4) is 0 Å². The average Bonchev–Trinajstić information content (AvgIpc) is 3.13. The van der Waals surface area contributed by atoms with Crippen molar-refractivity contribution < 1.29 is 0 Å². The van der Waals surface area contributed by atoms with Crippen LogP contribution in [0.25, 0.3) is 0 Å². The Morgan fingerprint density at radius 1 is 1.12 bits per heavy atom. The molecule has 16 heavy (non-hydrogen) atoms. The van der Waals surface area contributed by atoms with Gasteiger partial charge in [0.1, 0.15) is 0 Å². The predicted octanol–water partition coefficient (Wildman–Crippen LogP) is 3.84. The molecule has 1 aromatic carbocycles. The normalized spacial score (nSPS) is 15.6. The first-order chi connectivity index (χ1) is 7.90. The molecule has 0 N–H and O–H groups in total. The molecule has 0 radical (unpaired) electrons. The van der Waals surface area contributed by atoms with Gasteiger partial charge in [0.2, 0.25) is 0 Å². The topological polar surface area (TPSA) is 3.24 Å². The van der Waals surface area contributed by atoms with Gasteiger partial charge in [-0.25, -0.2) is 0 Å². The van der Waals surface area contributed by atoms with E-state index in [-0.39, 0.29) is 0 Å². The summed E-state index contributed by atoms with van der Waals surface area (Å²) in [6.45, 7) is 4.71. The van der Waals surface area contributed by atoms with Crippen LogP contribution in [0.5, 0.6) is 0 Å². The second-order valence-electron chi connectivity index (χ2n) is 4.89. The van der Waals surface area contributed by atoms with E-state index in [4.69, 9.17) is 0 Å². The quantitative estimate of drug-likeness (QED) is 0.627. The highest BCUT2D eigenvalue weighted by Gasteiger charge is 2.28. The van der Waals surface area contributed by atoms with Gasteiger partial charge in [0, 0.05) is 12.6 Å². The molecule has 1 aromatic rings. The summed E-state index contributed by atoms with van der Waals surface area (Å²) in [5.74, 6) is 0. The van der Waals surface area contributed by atoms with Gasteiger partial charge in [-0.05, 0) is 31.4 Å². The predicted molar refractivity (Wildman–Crippen MR) is 69.4 cm³/mol. The van der Waals surface area contributed by atoms with Crippen molar-refractivity contribution in [1.82, 2.24) is 4.90 Å². The molecule has 0 unspecified atom stereocenters. The third-order valence-electron chi connectivity index (χ3n) is 3.34. The molecule has 1 saturated carbocycles. The Labute approximate surface area is 99.5 Å². The summed E-state index contributed by atoms with van der Waals surface area (Å²) in [6.07, 6.45) is 6.89. The lowest BCUT2D eigenvalue weighted by Crippen LogP contribution is -2.26. The van der Waals surface area contributed by atoms with Gasteiger partial charge in [0.25, 0.3) is 0 Å². The Morgan fingerprint density at radius 2 is 1.88 bits per heavy atom. The minimum atomic E-state index is 0.886. The largest absolute Gasteiger partial charge is 0.296 e. The summed E-state index contributed by atoms with van der Waals surface area (Å²) in [5.41, 5.74) is 1.46. The van der Waals surface area contributed by atoms with Gasteiger partial charge in [-0.15, -0.1) is 0 Å². The van der Waals surface area contributed by atoms with Gasteiger partial charge >= 0.3 is 0 Å². The molecule has 0 saturated heterocycles. The summed E-state index contributed by atoms with van der Waals surface area (Å²) in [5, 5.41) is 0. The summed E-state index contributed by atoms with van der Waals surface area (Å²) in [7, 11) is 0. The lowest BCUT2D eigenvalue weighted by atomic mass is 10.2. The summed E-state index contributed by atoms with van der Waals surface area (Å²) >= 11 is 0. The molecule has 1 aliphatic carbocycles. The maximum atomic E-state index is 2.67. The van der Waals surface area contributed by atoms with Gasteiger partial charge < -0.3 is 0 Å². The third-order valence-corrected chi connectivity index (χ3v) is 3.34. The highest BCUT2D eigenvalue weighted by molar-refractivity contribution is 5.14. The van der Waals surface area contributed by atoms with Crippen molar-refractivity contribution in [2.24, 2.45) is 0 Å². The number of hydrogen-bond donors (Lipinski definition) is 0. The van der Waals surface area contributed by atoms with E-state index in [0.29, 0.717) is 0 Å². The van der Waals surface area contributed by atoms with E-state index in [9.17, 15) is 0 Å². The molecule has 2 rings (SSSR count). The second-order valence-corrected chi connectivity index (χ2v) is 4.89. The zero-order chi connectivity index (χ0) is 11.2. The number of nitrogens with zero attached hydrogens (tertiary/aromatic N) is 1. The number of benzene rings is 1. The lowest BCUT2D eigenvalue weighted by Gasteiger charge is -2.21. The zero-order valence-electron chi connectivity index (χ0n) is 10.4. The van der Waals surface area contributed by atoms with Crippen LogP contribution in [0, 0.1) is 0 Å². The van der Waals surface area contributed by atoms with E-state index >= 15 is 0 Å². The Balaban J connectivity index is 1.83. The minimum absolute atomic E-state index is 0.886. The molecule has 0 aliphatic heterocycles. The molecular weight excluding hydrogens is 194 g/mol. The monoisotopic (exact) mass is 217 g/mol. The maximum Gasteiger partial charge on any atom is 0.0236 e. The molecule has 1 heteroatoms. The summed E-state index contributed by atoms with van der Waals surface area (Å²) in [4.78, 5) is 2.67. The molecular formula is C15H23N. The Morgan fingerprint density at radius 3 is 2.50 bits per heavy atom. The Hall–Kier alpha value is -0.820. The Kier molecular flexibility index (Phi) is 4.41. The Bertz CT molecular complexity index is 290. The first-order valence-corrected chi connectivity index (χ1v) is 6.68. The smallest absolute Gasteiger partial charge is 0.0236 e. The third kappa shape index (κ3) is 3.64. The first-order valence-electron chi connectivity index (χ1n) is 6.68. The molecule has 0 bridgehead atoms.